The number of thiazole rings is 1. The van der Waals surface area contributed by atoms with Crippen LogP contribution in [0, 0.1) is 5.92 Å². The molecule has 0 bridgehead atoms. The Balaban J connectivity index is 1.16. The van der Waals surface area contributed by atoms with Crippen molar-refractivity contribution in [3.63, 3.8) is 0 Å². The number of benzene rings is 1. The molecular formula is C24H27N5O2S. The second-order valence-electron chi connectivity index (χ2n) is 8.35. The number of carbonyl (C=O) groups excluding carboxylic acids is 1. The molecule has 0 radical (unpaired) electrons. The number of rotatable bonds is 5. The second kappa shape index (κ2) is 9.24. The smallest absolute Gasteiger partial charge is 0.229 e. The van der Waals surface area contributed by atoms with E-state index in [2.05, 4.69) is 25.4 Å². The van der Waals surface area contributed by atoms with Gasteiger partial charge in [0.05, 0.1) is 18.5 Å². The zero-order valence-corrected chi connectivity index (χ0v) is 19.0. The summed E-state index contributed by atoms with van der Waals surface area (Å²) in [4.78, 5) is 21.0. The zero-order valence-electron chi connectivity index (χ0n) is 18.2. The number of fused-ring (bicyclic) bond motifs is 1. The van der Waals surface area contributed by atoms with Gasteiger partial charge in [-0.15, -0.1) is 21.5 Å². The SMILES string of the molecule is COc1ccc(-c2ccc(N3CCC(C(=O)Nc4nc5c(s4)CCCC5)CC3)nn2)cc1. The van der Waals surface area contributed by atoms with Crippen molar-refractivity contribution in [2.24, 2.45) is 5.92 Å². The Morgan fingerprint density at radius 3 is 2.53 bits per heavy atom. The molecule has 2 aliphatic rings. The van der Waals surface area contributed by atoms with E-state index in [9.17, 15) is 4.79 Å². The van der Waals surface area contributed by atoms with E-state index < -0.39 is 0 Å². The first kappa shape index (κ1) is 20.9. The van der Waals surface area contributed by atoms with E-state index in [1.54, 1.807) is 18.4 Å². The van der Waals surface area contributed by atoms with Gasteiger partial charge in [0.1, 0.15) is 5.75 Å². The predicted octanol–water partition coefficient (Wildman–Crippen LogP) is 4.34. The van der Waals surface area contributed by atoms with Gasteiger partial charge in [0.2, 0.25) is 5.91 Å². The average molecular weight is 450 g/mol. The van der Waals surface area contributed by atoms with E-state index in [0.29, 0.717) is 0 Å². The third-order valence-electron chi connectivity index (χ3n) is 6.30. The van der Waals surface area contributed by atoms with Crippen LogP contribution in [0.5, 0.6) is 5.75 Å². The minimum atomic E-state index is 0.0127. The number of amides is 1. The Kier molecular flexibility index (Phi) is 6.03. The van der Waals surface area contributed by atoms with Crippen LogP contribution in [0.1, 0.15) is 36.3 Å². The van der Waals surface area contributed by atoms with Gasteiger partial charge in [-0.3, -0.25) is 4.79 Å². The third-order valence-corrected chi connectivity index (χ3v) is 7.37. The van der Waals surface area contributed by atoms with E-state index in [-0.39, 0.29) is 11.8 Å². The number of carbonyl (C=O) groups is 1. The highest BCUT2D eigenvalue weighted by Gasteiger charge is 2.27. The van der Waals surface area contributed by atoms with Gasteiger partial charge in [-0.2, -0.15) is 0 Å². The largest absolute Gasteiger partial charge is 0.497 e. The van der Waals surface area contributed by atoms with Crippen molar-refractivity contribution < 1.29 is 9.53 Å². The second-order valence-corrected chi connectivity index (χ2v) is 9.44. The lowest BCUT2D eigenvalue weighted by Crippen LogP contribution is -2.38. The normalized spacial score (nSPS) is 16.5. The molecule has 1 N–H and O–H groups in total. The van der Waals surface area contributed by atoms with Crippen molar-refractivity contribution >= 4 is 28.2 Å². The number of nitrogens with zero attached hydrogens (tertiary/aromatic N) is 4. The summed E-state index contributed by atoms with van der Waals surface area (Å²) in [6.45, 7) is 1.59. The molecule has 1 aliphatic heterocycles. The van der Waals surface area contributed by atoms with Crippen LogP contribution in [0.3, 0.4) is 0 Å². The lowest BCUT2D eigenvalue weighted by molar-refractivity contribution is -0.120. The molecule has 1 fully saturated rings. The molecule has 3 heterocycles. The third kappa shape index (κ3) is 4.46. The highest BCUT2D eigenvalue weighted by atomic mass is 32.1. The molecule has 7 nitrogen and oxygen atoms in total. The summed E-state index contributed by atoms with van der Waals surface area (Å²) in [6, 6.07) is 11.8. The van der Waals surface area contributed by atoms with Gasteiger partial charge in [-0.1, -0.05) is 0 Å². The minimum Gasteiger partial charge on any atom is -0.497 e. The van der Waals surface area contributed by atoms with Crippen LogP contribution in [-0.4, -0.2) is 41.3 Å². The molecule has 32 heavy (non-hydrogen) atoms. The Hall–Kier alpha value is -3.00. The maximum absolute atomic E-state index is 12.8. The Bertz CT molecular complexity index is 1050. The lowest BCUT2D eigenvalue weighted by atomic mass is 9.96. The number of hydrogen-bond donors (Lipinski definition) is 1. The van der Waals surface area contributed by atoms with Crippen molar-refractivity contribution in [3.8, 4) is 17.0 Å². The fraction of sp³-hybridized carbons (Fsp3) is 0.417. The van der Waals surface area contributed by atoms with Crippen molar-refractivity contribution in [2.45, 2.75) is 38.5 Å². The van der Waals surface area contributed by atoms with Gasteiger partial charge in [0.15, 0.2) is 10.9 Å². The summed E-state index contributed by atoms with van der Waals surface area (Å²) < 4.78 is 5.21. The minimum absolute atomic E-state index is 0.0127. The molecule has 0 atom stereocenters. The molecular weight excluding hydrogens is 422 g/mol. The van der Waals surface area contributed by atoms with Gasteiger partial charge < -0.3 is 15.0 Å². The Labute approximate surface area is 191 Å². The van der Waals surface area contributed by atoms with E-state index in [0.717, 1.165) is 66.7 Å². The van der Waals surface area contributed by atoms with Crippen LogP contribution in [0.15, 0.2) is 36.4 Å². The van der Waals surface area contributed by atoms with Crippen LogP contribution in [-0.2, 0) is 17.6 Å². The van der Waals surface area contributed by atoms with Crippen molar-refractivity contribution in [1.29, 1.82) is 0 Å². The molecule has 1 aromatic carbocycles. The molecule has 0 spiro atoms. The van der Waals surface area contributed by atoms with E-state index in [1.165, 1.54) is 23.4 Å². The fourth-order valence-corrected chi connectivity index (χ4v) is 5.45. The van der Waals surface area contributed by atoms with Crippen molar-refractivity contribution in [3.05, 3.63) is 47.0 Å². The van der Waals surface area contributed by atoms with Gasteiger partial charge in [0.25, 0.3) is 0 Å². The lowest BCUT2D eigenvalue weighted by Gasteiger charge is -2.31. The summed E-state index contributed by atoms with van der Waals surface area (Å²) in [5, 5.41) is 12.7. The number of anilines is 2. The summed E-state index contributed by atoms with van der Waals surface area (Å²) >= 11 is 1.65. The molecule has 5 rings (SSSR count). The molecule has 166 valence electrons. The van der Waals surface area contributed by atoms with Gasteiger partial charge >= 0.3 is 0 Å². The van der Waals surface area contributed by atoms with Crippen molar-refractivity contribution in [2.75, 3.05) is 30.4 Å². The predicted molar refractivity (Wildman–Crippen MR) is 126 cm³/mol. The molecule has 1 saturated heterocycles. The van der Waals surface area contributed by atoms with Gasteiger partial charge in [-0.25, -0.2) is 4.98 Å². The highest BCUT2D eigenvalue weighted by molar-refractivity contribution is 7.15. The van der Waals surface area contributed by atoms with Gasteiger partial charge in [-0.05, 0) is 74.9 Å². The number of hydrogen-bond acceptors (Lipinski definition) is 7. The number of nitrogens with one attached hydrogen (secondary N) is 1. The molecule has 3 aromatic rings. The average Bonchev–Trinajstić information content (AvgIpc) is 3.26. The quantitative estimate of drug-likeness (QED) is 0.624. The summed E-state index contributed by atoms with van der Waals surface area (Å²) in [6.07, 6.45) is 6.17. The topological polar surface area (TPSA) is 80.2 Å². The molecule has 2 aromatic heterocycles. The summed E-state index contributed by atoms with van der Waals surface area (Å²) in [5.74, 6) is 1.78. The first-order valence-corrected chi connectivity index (χ1v) is 12.0. The number of aryl methyl sites for hydroxylation is 2. The highest BCUT2D eigenvalue weighted by Crippen LogP contribution is 2.31. The standard InChI is InChI=1S/C24H27N5O2S/c1-31-18-8-6-16(7-9-18)19-10-11-22(28-27-19)29-14-12-17(13-15-29)23(30)26-24-25-20-4-2-3-5-21(20)32-24/h6-11,17H,2-5,12-15H2,1H3,(H,25,26,30). The number of methoxy groups -OCH3 is 1. The van der Waals surface area contributed by atoms with Crippen LogP contribution < -0.4 is 15.0 Å². The van der Waals surface area contributed by atoms with Crippen LogP contribution >= 0.6 is 11.3 Å². The number of aromatic nitrogens is 3. The van der Waals surface area contributed by atoms with Crippen LogP contribution in [0.4, 0.5) is 10.9 Å². The van der Waals surface area contributed by atoms with E-state index in [4.69, 9.17) is 4.74 Å². The van der Waals surface area contributed by atoms with E-state index in [1.807, 2.05) is 36.4 Å². The zero-order chi connectivity index (χ0) is 21.9. The molecule has 0 saturated carbocycles. The fourth-order valence-electron chi connectivity index (χ4n) is 4.39. The Morgan fingerprint density at radius 2 is 1.84 bits per heavy atom. The summed E-state index contributed by atoms with van der Waals surface area (Å²) in [5.41, 5.74) is 3.02. The Morgan fingerprint density at radius 1 is 1.06 bits per heavy atom. The van der Waals surface area contributed by atoms with Crippen molar-refractivity contribution in [1.82, 2.24) is 15.2 Å². The maximum Gasteiger partial charge on any atom is 0.229 e. The summed E-state index contributed by atoms with van der Waals surface area (Å²) in [7, 11) is 1.65. The monoisotopic (exact) mass is 449 g/mol. The molecule has 1 aliphatic carbocycles. The molecule has 1 amide bonds. The first-order chi connectivity index (χ1) is 15.7. The first-order valence-electron chi connectivity index (χ1n) is 11.2. The molecule has 8 heteroatoms. The van der Waals surface area contributed by atoms with Gasteiger partial charge in [0, 0.05) is 29.4 Å². The maximum atomic E-state index is 12.8. The number of piperidine rings is 1. The molecule has 0 unspecified atom stereocenters. The van der Waals surface area contributed by atoms with E-state index >= 15 is 0 Å². The van der Waals surface area contributed by atoms with Crippen LogP contribution in [0.2, 0.25) is 0 Å². The van der Waals surface area contributed by atoms with Crippen LogP contribution in [0.25, 0.3) is 11.3 Å². The number of ether oxygens (including phenoxy) is 1.